The number of carbonyl (C=O) groups is 2. The van der Waals surface area contributed by atoms with Crippen molar-refractivity contribution in [2.45, 2.75) is 26.0 Å². The summed E-state index contributed by atoms with van der Waals surface area (Å²) in [7, 11) is -4.04. The van der Waals surface area contributed by atoms with Crippen LogP contribution >= 0.6 is 0 Å². The van der Waals surface area contributed by atoms with E-state index in [0.29, 0.717) is 11.3 Å². The molecule has 1 aromatic rings. The second-order valence-corrected chi connectivity index (χ2v) is 6.34. The van der Waals surface area contributed by atoms with E-state index in [4.69, 9.17) is 5.11 Å². The Hall–Kier alpha value is -2.09. The molecule has 0 aliphatic carbocycles. The zero-order chi connectivity index (χ0) is 15.5. The number of benzene rings is 1. The Morgan fingerprint density at radius 1 is 1.30 bits per heavy atom. The third-order valence-electron chi connectivity index (χ3n) is 2.62. The summed E-state index contributed by atoms with van der Waals surface area (Å²) >= 11 is 0. The summed E-state index contributed by atoms with van der Waals surface area (Å²) in [5.41, 5.74) is 1.26. The Labute approximate surface area is 117 Å². The molecule has 1 unspecified atom stereocenters. The highest BCUT2D eigenvalue weighted by atomic mass is 32.2. The Balaban J connectivity index is 3.08. The molecule has 0 saturated carbocycles. The molecule has 1 atom stereocenters. The number of carboxylic acids is 1. The van der Waals surface area contributed by atoms with E-state index < -0.39 is 21.2 Å². The van der Waals surface area contributed by atoms with Crippen LogP contribution in [-0.2, 0) is 19.6 Å². The molecule has 0 saturated heterocycles. The second-order valence-electron chi connectivity index (χ2n) is 4.34. The van der Waals surface area contributed by atoms with E-state index in [0.717, 1.165) is 6.92 Å². The molecule has 0 fully saturated rings. The minimum Gasteiger partial charge on any atom is -0.480 e. The Morgan fingerprint density at radius 3 is 2.40 bits per heavy atom. The highest BCUT2D eigenvalue weighted by molar-refractivity contribution is 7.94. The fraction of sp³-hybridized carbons (Fsp3) is 0.333. The van der Waals surface area contributed by atoms with Gasteiger partial charge >= 0.3 is 5.97 Å². The van der Waals surface area contributed by atoms with Crippen LogP contribution in [0.1, 0.15) is 19.4 Å². The first-order valence-corrected chi connectivity index (χ1v) is 7.31. The van der Waals surface area contributed by atoms with Crippen LogP contribution in [-0.4, -0.2) is 30.7 Å². The van der Waals surface area contributed by atoms with Crippen LogP contribution in [0.3, 0.4) is 0 Å². The number of hydrogen-bond donors (Lipinski definition) is 3. The Morgan fingerprint density at radius 2 is 1.90 bits per heavy atom. The maximum atomic E-state index is 11.8. The van der Waals surface area contributed by atoms with Gasteiger partial charge in [0, 0.05) is 12.6 Å². The number of carboxylic acid groups (broad SMARTS) is 1. The third-order valence-corrected chi connectivity index (χ3v) is 4.26. The smallest absolute Gasteiger partial charge is 0.323 e. The molecule has 7 nitrogen and oxygen atoms in total. The standard InChI is InChI=1S/C12H16N2O5S/c1-7-4-5-10(13-9(3)15)6-11(7)14-20(18,19)8(2)12(16)17/h4-6,8,14H,1-3H3,(H,13,15)(H,16,17). The maximum Gasteiger partial charge on any atom is 0.323 e. The molecule has 0 aromatic heterocycles. The van der Waals surface area contributed by atoms with Gasteiger partial charge in [0.05, 0.1) is 5.69 Å². The molecule has 1 aromatic carbocycles. The molecule has 20 heavy (non-hydrogen) atoms. The number of carbonyl (C=O) groups excluding carboxylic acids is 1. The van der Waals surface area contributed by atoms with Crippen molar-refractivity contribution in [1.29, 1.82) is 0 Å². The van der Waals surface area contributed by atoms with E-state index in [-0.39, 0.29) is 11.6 Å². The van der Waals surface area contributed by atoms with Crippen LogP contribution in [0.4, 0.5) is 11.4 Å². The van der Waals surface area contributed by atoms with Crippen molar-refractivity contribution in [3.05, 3.63) is 23.8 Å². The van der Waals surface area contributed by atoms with Crippen LogP contribution < -0.4 is 10.0 Å². The Kier molecular flexibility index (Phi) is 4.72. The number of sulfonamides is 1. The summed E-state index contributed by atoms with van der Waals surface area (Å²) in [6.07, 6.45) is 0. The van der Waals surface area contributed by atoms with E-state index in [1.807, 2.05) is 0 Å². The molecule has 0 heterocycles. The lowest BCUT2D eigenvalue weighted by Gasteiger charge is -2.14. The predicted octanol–water partition coefficient (Wildman–Crippen LogP) is 1.17. The van der Waals surface area contributed by atoms with Gasteiger partial charge in [-0.2, -0.15) is 0 Å². The van der Waals surface area contributed by atoms with Crippen molar-refractivity contribution in [3.63, 3.8) is 0 Å². The first-order chi connectivity index (χ1) is 9.13. The van der Waals surface area contributed by atoms with E-state index in [2.05, 4.69) is 10.0 Å². The first kappa shape index (κ1) is 16.0. The SMILES string of the molecule is CC(=O)Nc1ccc(C)c(NS(=O)(=O)C(C)C(=O)O)c1. The summed E-state index contributed by atoms with van der Waals surface area (Å²) < 4.78 is 25.9. The van der Waals surface area contributed by atoms with Gasteiger partial charge in [-0.3, -0.25) is 14.3 Å². The molecule has 0 spiro atoms. The number of hydrogen-bond acceptors (Lipinski definition) is 4. The molecule has 1 amide bonds. The minimum absolute atomic E-state index is 0.226. The van der Waals surface area contributed by atoms with Crippen molar-refractivity contribution in [2.24, 2.45) is 0 Å². The van der Waals surface area contributed by atoms with Crippen molar-refractivity contribution < 1.29 is 23.1 Å². The van der Waals surface area contributed by atoms with Crippen LogP contribution in [0.5, 0.6) is 0 Å². The molecule has 0 radical (unpaired) electrons. The number of aryl methyl sites for hydroxylation is 1. The van der Waals surface area contributed by atoms with Gasteiger partial charge in [-0.05, 0) is 31.5 Å². The molecule has 3 N–H and O–H groups in total. The monoisotopic (exact) mass is 300 g/mol. The van der Waals surface area contributed by atoms with Gasteiger partial charge in [-0.15, -0.1) is 0 Å². The normalized spacial score (nSPS) is 12.6. The zero-order valence-corrected chi connectivity index (χ0v) is 12.1. The number of anilines is 2. The fourth-order valence-electron chi connectivity index (χ4n) is 1.39. The van der Waals surface area contributed by atoms with E-state index in [1.54, 1.807) is 19.1 Å². The quantitative estimate of drug-likeness (QED) is 0.755. The second kappa shape index (κ2) is 5.91. The van der Waals surface area contributed by atoms with E-state index >= 15 is 0 Å². The molecule has 0 aliphatic heterocycles. The molecular formula is C12H16N2O5S. The largest absolute Gasteiger partial charge is 0.480 e. The molecule has 0 bridgehead atoms. The third kappa shape index (κ3) is 3.95. The topological polar surface area (TPSA) is 113 Å². The fourth-order valence-corrected chi connectivity index (χ4v) is 2.36. The van der Waals surface area contributed by atoms with E-state index in [9.17, 15) is 18.0 Å². The first-order valence-electron chi connectivity index (χ1n) is 5.76. The average Bonchev–Trinajstić information content (AvgIpc) is 2.31. The highest BCUT2D eigenvalue weighted by Gasteiger charge is 2.28. The molecule has 110 valence electrons. The van der Waals surface area contributed by atoms with Gasteiger partial charge in [0.25, 0.3) is 0 Å². The van der Waals surface area contributed by atoms with Gasteiger partial charge in [0.2, 0.25) is 15.9 Å². The summed E-state index contributed by atoms with van der Waals surface area (Å²) in [4.78, 5) is 21.7. The molecule has 8 heteroatoms. The van der Waals surface area contributed by atoms with Crippen molar-refractivity contribution in [3.8, 4) is 0 Å². The number of aliphatic carboxylic acids is 1. The Bertz CT molecular complexity index is 639. The summed E-state index contributed by atoms with van der Waals surface area (Å²) in [6, 6.07) is 4.67. The lowest BCUT2D eigenvalue weighted by atomic mass is 10.2. The maximum absolute atomic E-state index is 11.8. The van der Waals surface area contributed by atoms with Crippen LogP contribution in [0.25, 0.3) is 0 Å². The van der Waals surface area contributed by atoms with Gasteiger partial charge in [-0.25, -0.2) is 8.42 Å². The predicted molar refractivity (Wildman–Crippen MR) is 75.1 cm³/mol. The highest BCUT2D eigenvalue weighted by Crippen LogP contribution is 2.22. The van der Waals surface area contributed by atoms with Gasteiger partial charge < -0.3 is 10.4 Å². The minimum atomic E-state index is -4.04. The molecular weight excluding hydrogens is 284 g/mol. The zero-order valence-electron chi connectivity index (χ0n) is 11.3. The summed E-state index contributed by atoms with van der Waals surface area (Å²) in [5, 5.41) is 9.70. The van der Waals surface area contributed by atoms with Gasteiger partial charge in [0.15, 0.2) is 5.25 Å². The number of nitrogens with one attached hydrogen (secondary N) is 2. The summed E-state index contributed by atoms with van der Waals surface area (Å²) in [6.45, 7) is 4.08. The molecule has 0 aliphatic rings. The lowest BCUT2D eigenvalue weighted by molar-refractivity contribution is -0.136. The van der Waals surface area contributed by atoms with E-state index in [1.165, 1.54) is 13.0 Å². The van der Waals surface area contributed by atoms with Gasteiger partial charge in [0.1, 0.15) is 0 Å². The van der Waals surface area contributed by atoms with Crippen LogP contribution in [0.15, 0.2) is 18.2 Å². The van der Waals surface area contributed by atoms with Crippen LogP contribution in [0, 0.1) is 6.92 Å². The number of rotatable bonds is 5. The van der Waals surface area contributed by atoms with Crippen molar-refractivity contribution >= 4 is 33.3 Å². The van der Waals surface area contributed by atoms with Gasteiger partial charge in [-0.1, -0.05) is 6.07 Å². The molecule has 1 rings (SSSR count). The van der Waals surface area contributed by atoms with Crippen LogP contribution in [0.2, 0.25) is 0 Å². The number of amides is 1. The average molecular weight is 300 g/mol. The van der Waals surface area contributed by atoms with Crippen molar-refractivity contribution in [1.82, 2.24) is 0 Å². The summed E-state index contributed by atoms with van der Waals surface area (Å²) in [5.74, 6) is -1.73. The lowest BCUT2D eigenvalue weighted by Crippen LogP contribution is -2.32. The van der Waals surface area contributed by atoms with Crippen molar-refractivity contribution in [2.75, 3.05) is 10.0 Å².